The van der Waals surface area contributed by atoms with Gasteiger partial charge < -0.3 is 4.74 Å². The van der Waals surface area contributed by atoms with Crippen molar-refractivity contribution < 1.29 is 22.7 Å². The largest absolute Gasteiger partial charge is 0.484 e. The van der Waals surface area contributed by atoms with Crippen LogP contribution in [0.15, 0.2) is 47.4 Å². The van der Waals surface area contributed by atoms with Gasteiger partial charge in [0.1, 0.15) is 5.75 Å². The van der Waals surface area contributed by atoms with Gasteiger partial charge in [0, 0.05) is 11.6 Å². The zero-order valence-electron chi connectivity index (χ0n) is 16.8. The van der Waals surface area contributed by atoms with Crippen molar-refractivity contribution in [2.45, 2.75) is 38.6 Å². The number of amides is 2. The number of ether oxygens (including phenoxy) is 1. The van der Waals surface area contributed by atoms with E-state index in [1.807, 2.05) is 19.9 Å². The molecule has 29 heavy (non-hydrogen) atoms. The fourth-order valence-electron chi connectivity index (χ4n) is 2.58. The summed E-state index contributed by atoms with van der Waals surface area (Å²) in [5.74, 6) is -0.645. The van der Waals surface area contributed by atoms with E-state index in [9.17, 15) is 18.0 Å². The summed E-state index contributed by atoms with van der Waals surface area (Å²) in [5, 5.41) is 0. The number of hydrogen-bond acceptors (Lipinski definition) is 5. The smallest absolute Gasteiger partial charge is 0.276 e. The SMILES string of the molecule is Cc1cc(C)cc(OCC(=O)NNC(=O)c2cccc(S(=O)(=O)NC(C)C)c2)c1. The number of aryl methyl sites for hydroxylation is 2. The minimum absolute atomic E-state index is 0.0386. The maximum absolute atomic E-state index is 12.2. The van der Waals surface area contributed by atoms with Crippen molar-refractivity contribution in [1.29, 1.82) is 0 Å². The number of carbonyl (C=O) groups excluding carboxylic acids is 2. The number of benzene rings is 2. The van der Waals surface area contributed by atoms with Gasteiger partial charge in [-0.25, -0.2) is 13.1 Å². The summed E-state index contributed by atoms with van der Waals surface area (Å²) in [4.78, 5) is 24.1. The van der Waals surface area contributed by atoms with Gasteiger partial charge in [-0.05, 0) is 69.2 Å². The van der Waals surface area contributed by atoms with Crippen LogP contribution in [0.25, 0.3) is 0 Å². The van der Waals surface area contributed by atoms with E-state index in [1.54, 1.807) is 26.0 Å². The molecule has 0 saturated carbocycles. The number of hydrogen-bond donors (Lipinski definition) is 3. The summed E-state index contributed by atoms with van der Waals surface area (Å²) in [6.07, 6.45) is 0. The average Bonchev–Trinajstić information content (AvgIpc) is 2.62. The minimum atomic E-state index is -3.73. The monoisotopic (exact) mass is 419 g/mol. The molecule has 156 valence electrons. The summed E-state index contributed by atoms with van der Waals surface area (Å²) in [5.41, 5.74) is 6.60. The molecular formula is C20H25N3O5S. The average molecular weight is 420 g/mol. The second-order valence-electron chi connectivity index (χ2n) is 6.92. The second kappa shape index (κ2) is 9.53. The van der Waals surface area contributed by atoms with Crippen LogP contribution in [0.2, 0.25) is 0 Å². The molecule has 0 aromatic heterocycles. The highest BCUT2D eigenvalue weighted by molar-refractivity contribution is 7.89. The van der Waals surface area contributed by atoms with Crippen LogP contribution in [0.5, 0.6) is 5.75 Å². The number of rotatable bonds is 7. The fourth-order valence-corrected chi connectivity index (χ4v) is 3.88. The third-order valence-electron chi connectivity index (χ3n) is 3.68. The van der Waals surface area contributed by atoms with E-state index in [-0.39, 0.29) is 23.1 Å². The van der Waals surface area contributed by atoms with Crippen LogP contribution >= 0.6 is 0 Å². The Hall–Kier alpha value is -2.91. The van der Waals surface area contributed by atoms with Gasteiger partial charge >= 0.3 is 0 Å². The highest BCUT2D eigenvalue weighted by Crippen LogP contribution is 2.16. The number of carbonyl (C=O) groups is 2. The Balaban J connectivity index is 1.93. The lowest BCUT2D eigenvalue weighted by atomic mass is 10.1. The topological polar surface area (TPSA) is 114 Å². The van der Waals surface area contributed by atoms with E-state index in [0.29, 0.717) is 5.75 Å². The Morgan fingerprint density at radius 3 is 2.28 bits per heavy atom. The van der Waals surface area contributed by atoms with Crippen molar-refractivity contribution >= 4 is 21.8 Å². The van der Waals surface area contributed by atoms with Crippen LogP contribution in [-0.4, -0.2) is 32.9 Å². The Morgan fingerprint density at radius 1 is 1.00 bits per heavy atom. The van der Waals surface area contributed by atoms with Gasteiger partial charge in [-0.1, -0.05) is 12.1 Å². The molecule has 3 N–H and O–H groups in total. The lowest BCUT2D eigenvalue weighted by molar-refractivity contribution is -0.123. The molecule has 0 aliphatic heterocycles. The molecule has 0 unspecified atom stereocenters. The number of hydrazine groups is 1. The maximum atomic E-state index is 12.2. The first-order chi connectivity index (χ1) is 13.6. The Bertz CT molecular complexity index is 983. The van der Waals surface area contributed by atoms with E-state index < -0.39 is 21.8 Å². The predicted molar refractivity (Wildman–Crippen MR) is 109 cm³/mol. The lowest BCUT2D eigenvalue weighted by Crippen LogP contribution is -2.43. The quantitative estimate of drug-likeness (QED) is 0.593. The molecule has 0 fully saturated rings. The molecule has 9 heteroatoms. The van der Waals surface area contributed by atoms with Crippen molar-refractivity contribution in [3.63, 3.8) is 0 Å². The van der Waals surface area contributed by atoms with Crippen LogP contribution in [0.3, 0.4) is 0 Å². The molecule has 2 rings (SSSR count). The van der Waals surface area contributed by atoms with Crippen molar-refractivity contribution in [1.82, 2.24) is 15.6 Å². The summed E-state index contributed by atoms with van der Waals surface area (Å²) in [6, 6.07) is 10.8. The molecular weight excluding hydrogens is 394 g/mol. The predicted octanol–water partition coefficient (Wildman–Crippen LogP) is 1.83. The summed E-state index contributed by atoms with van der Waals surface area (Å²) >= 11 is 0. The number of sulfonamides is 1. The van der Waals surface area contributed by atoms with Crippen LogP contribution in [-0.2, 0) is 14.8 Å². The first kappa shape index (κ1) is 22.4. The van der Waals surface area contributed by atoms with Crippen LogP contribution in [0.1, 0.15) is 35.3 Å². The van der Waals surface area contributed by atoms with Crippen molar-refractivity contribution in [2.75, 3.05) is 6.61 Å². The maximum Gasteiger partial charge on any atom is 0.276 e. The van der Waals surface area contributed by atoms with Gasteiger partial charge in [0.05, 0.1) is 4.90 Å². The Kier molecular flexibility index (Phi) is 7.35. The van der Waals surface area contributed by atoms with Gasteiger partial charge in [-0.2, -0.15) is 0 Å². The van der Waals surface area contributed by atoms with E-state index in [1.165, 1.54) is 24.3 Å². The van der Waals surface area contributed by atoms with Gasteiger partial charge in [0.15, 0.2) is 6.61 Å². The molecule has 8 nitrogen and oxygen atoms in total. The lowest BCUT2D eigenvalue weighted by Gasteiger charge is -2.12. The van der Waals surface area contributed by atoms with E-state index in [4.69, 9.17) is 4.74 Å². The standard InChI is InChI=1S/C20H25N3O5S/c1-13(2)23-29(26,27)18-7-5-6-16(11-18)20(25)22-21-19(24)12-28-17-9-14(3)8-15(4)10-17/h5-11,13,23H,12H2,1-4H3,(H,21,24)(H,22,25). The van der Waals surface area contributed by atoms with E-state index in [0.717, 1.165) is 11.1 Å². The summed E-state index contributed by atoms with van der Waals surface area (Å²) in [6.45, 7) is 6.96. The first-order valence-electron chi connectivity index (χ1n) is 8.99. The van der Waals surface area contributed by atoms with Gasteiger partial charge in [0.2, 0.25) is 10.0 Å². The molecule has 0 atom stereocenters. The first-order valence-corrected chi connectivity index (χ1v) is 10.5. The fraction of sp³-hybridized carbons (Fsp3) is 0.300. The van der Waals surface area contributed by atoms with Crippen LogP contribution < -0.4 is 20.3 Å². The van der Waals surface area contributed by atoms with E-state index >= 15 is 0 Å². The van der Waals surface area contributed by atoms with Gasteiger partial charge in [0.25, 0.3) is 11.8 Å². The molecule has 0 saturated heterocycles. The van der Waals surface area contributed by atoms with Crippen LogP contribution in [0, 0.1) is 13.8 Å². The molecule has 2 aromatic carbocycles. The third-order valence-corrected chi connectivity index (χ3v) is 5.33. The summed E-state index contributed by atoms with van der Waals surface area (Å²) in [7, 11) is -3.73. The van der Waals surface area contributed by atoms with Gasteiger partial charge in [-0.3, -0.25) is 20.4 Å². The molecule has 0 radical (unpaired) electrons. The molecule has 2 amide bonds. The molecule has 2 aromatic rings. The molecule has 0 heterocycles. The van der Waals surface area contributed by atoms with Gasteiger partial charge in [-0.15, -0.1) is 0 Å². The Morgan fingerprint density at radius 2 is 1.66 bits per heavy atom. The number of nitrogens with one attached hydrogen (secondary N) is 3. The molecule has 0 aliphatic rings. The van der Waals surface area contributed by atoms with Crippen LogP contribution in [0.4, 0.5) is 0 Å². The highest BCUT2D eigenvalue weighted by Gasteiger charge is 2.17. The minimum Gasteiger partial charge on any atom is -0.484 e. The van der Waals surface area contributed by atoms with Crippen molar-refractivity contribution in [3.05, 3.63) is 59.2 Å². The Labute approximate surface area is 170 Å². The second-order valence-corrected chi connectivity index (χ2v) is 8.63. The molecule has 0 aliphatic carbocycles. The highest BCUT2D eigenvalue weighted by atomic mass is 32.2. The zero-order chi connectivity index (χ0) is 21.6. The molecule has 0 bridgehead atoms. The third kappa shape index (κ3) is 6.88. The summed E-state index contributed by atoms with van der Waals surface area (Å²) < 4.78 is 32.3. The molecule has 0 spiro atoms. The normalized spacial score (nSPS) is 11.2. The van der Waals surface area contributed by atoms with E-state index in [2.05, 4.69) is 15.6 Å². The zero-order valence-corrected chi connectivity index (χ0v) is 17.6. The van der Waals surface area contributed by atoms with Crippen molar-refractivity contribution in [3.8, 4) is 5.75 Å². The van der Waals surface area contributed by atoms with Crippen molar-refractivity contribution in [2.24, 2.45) is 0 Å².